The van der Waals surface area contributed by atoms with Crippen molar-refractivity contribution >= 4 is 29.2 Å². The monoisotopic (exact) mass is 273 g/mol. The van der Waals surface area contributed by atoms with E-state index in [1.165, 1.54) is 0 Å². The minimum atomic E-state index is 0.655. The second-order valence-corrected chi connectivity index (χ2v) is 4.74. The van der Waals surface area contributed by atoms with Crippen molar-refractivity contribution in [2.24, 2.45) is 5.10 Å². The van der Waals surface area contributed by atoms with Crippen molar-refractivity contribution in [2.75, 3.05) is 24.4 Å². The lowest BCUT2D eigenvalue weighted by atomic mass is 10.2. The molecule has 0 unspecified atom stereocenters. The number of hydrogen-bond donors (Lipinski definition) is 1. The number of nitrogens with zero attached hydrogens (tertiary/aromatic N) is 2. The van der Waals surface area contributed by atoms with Crippen LogP contribution in [0.25, 0.3) is 0 Å². The Morgan fingerprint density at radius 3 is 2.37 bits per heavy atom. The zero-order chi connectivity index (χ0) is 13.7. The average Bonchev–Trinajstić information content (AvgIpc) is 2.41. The molecule has 0 aliphatic heterocycles. The molecule has 0 saturated carbocycles. The van der Waals surface area contributed by atoms with E-state index in [1.54, 1.807) is 6.21 Å². The predicted molar refractivity (Wildman–Crippen MR) is 83.4 cm³/mol. The summed E-state index contributed by atoms with van der Waals surface area (Å²) in [6.45, 7) is 0. The first-order chi connectivity index (χ1) is 9.16. The van der Waals surface area contributed by atoms with Gasteiger partial charge in [0.25, 0.3) is 0 Å². The van der Waals surface area contributed by atoms with Gasteiger partial charge in [0, 0.05) is 19.8 Å². The second kappa shape index (κ2) is 6.25. The molecule has 98 valence electrons. The Kier molecular flexibility index (Phi) is 4.42. The summed E-state index contributed by atoms with van der Waals surface area (Å²) in [6.07, 6.45) is 1.77. The van der Waals surface area contributed by atoms with Gasteiger partial charge in [-0.2, -0.15) is 5.10 Å². The molecule has 2 rings (SSSR count). The SMILES string of the molecule is CN(C)c1ccc(/C=N/Nc2ccccc2Cl)cc1. The van der Waals surface area contributed by atoms with Crippen LogP contribution in [0.3, 0.4) is 0 Å². The summed E-state index contributed by atoms with van der Waals surface area (Å²) >= 11 is 6.02. The number of para-hydroxylation sites is 1. The third-order valence-electron chi connectivity index (χ3n) is 2.68. The summed E-state index contributed by atoms with van der Waals surface area (Å²) in [7, 11) is 4.03. The van der Waals surface area contributed by atoms with Gasteiger partial charge in [-0.15, -0.1) is 0 Å². The molecule has 0 spiro atoms. The Bertz CT molecular complexity index is 562. The van der Waals surface area contributed by atoms with Crippen LogP contribution < -0.4 is 10.3 Å². The number of halogens is 1. The van der Waals surface area contributed by atoms with Crippen LogP contribution in [0.2, 0.25) is 5.02 Å². The number of hydrazone groups is 1. The largest absolute Gasteiger partial charge is 0.378 e. The first-order valence-electron chi connectivity index (χ1n) is 5.98. The van der Waals surface area contributed by atoms with Gasteiger partial charge in [-0.1, -0.05) is 35.9 Å². The minimum Gasteiger partial charge on any atom is -0.378 e. The number of nitrogens with one attached hydrogen (secondary N) is 1. The molecule has 2 aromatic carbocycles. The van der Waals surface area contributed by atoms with E-state index in [2.05, 4.69) is 27.6 Å². The molecule has 1 N–H and O–H groups in total. The number of rotatable bonds is 4. The fourth-order valence-electron chi connectivity index (χ4n) is 1.59. The Labute approximate surface area is 118 Å². The lowest BCUT2D eigenvalue weighted by molar-refractivity contribution is 1.13. The Hall–Kier alpha value is -2.00. The van der Waals surface area contributed by atoms with Gasteiger partial charge in [0.2, 0.25) is 0 Å². The predicted octanol–water partition coefficient (Wildman–Crippen LogP) is 3.85. The van der Waals surface area contributed by atoms with Crippen LogP contribution in [0.5, 0.6) is 0 Å². The molecular formula is C15H16ClN3. The van der Waals surface area contributed by atoms with E-state index < -0.39 is 0 Å². The highest BCUT2D eigenvalue weighted by atomic mass is 35.5. The number of benzene rings is 2. The molecular weight excluding hydrogens is 258 g/mol. The lowest BCUT2D eigenvalue weighted by Gasteiger charge is -2.11. The molecule has 0 fully saturated rings. The van der Waals surface area contributed by atoms with Crippen molar-refractivity contribution in [3.8, 4) is 0 Å². The average molecular weight is 274 g/mol. The van der Waals surface area contributed by atoms with Crippen molar-refractivity contribution in [1.82, 2.24) is 0 Å². The standard InChI is InChI=1S/C15H16ClN3/c1-19(2)13-9-7-12(8-10-13)11-17-18-15-6-4-3-5-14(15)16/h3-11,18H,1-2H3/b17-11+. The van der Waals surface area contributed by atoms with Gasteiger partial charge in [-0.25, -0.2) is 0 Å². The summed E-state index contributed by atoms with van der Waals surface area (Å²) in [6, 6.07) is 15.7. The van der Waals surface area contributed by atoms with Gasteiger partial charge >= 0.3 is 0 Å². The Morgan fingerprint density at radius 2 is 1.74 bits per heavy atom. The van der Waals surface area contributed by atoms with Crippen molar-refractivity contribution in [3.05, 3.63) is 59.1 Å². The molecule has 4 heteroatoms. The zero-order valence-electron chi connectivity index (χ0n) is 11.0. The van der Waals surface area contributed by atoms with Gasteiger partial charge in [0.05, 0.1) is 16.9 Å². The number of anilines is 2. The summed E-state index contributed by atoms with van der Waals surface area (Å²) in [5.74, 6) is 0. The third-order valence-corrected chi connectivity index (χ3v) is 3.01. The molecule has 0 bridgehead atoms. The van der Waals surface area contributed by atoms with Crippen molar-refractivity contribution in [2.45, 2.75) is 0 Å². The number of hydrogen-bond acceptors (Lipinski definition) is 3. The van der Waals surface area contributed by atoms with Crippen molar-refractivity contribution in [3.63, 3.8) is 0 Å². The fraction of sp³-hybridized carbons (Fsp3) is 0.133. The van der Waals surface area contributed by atoms with Gasteiger partial charge in [0.1, 0.15) is 0 Å². The van der Waals surface area contributed by atoms with Crippen LogP contribution in [-0.2, 0) is 0 Å². The fourth-order valence-corrected chi connectivity index (χ4v) is 1.76. The smallest absolute Gasteiger partial charge is 0.0748 e. The molecule has 0 radical (unpaired) electrons. The maximum Gasteiger partial charge on any atom is 0.0748 e. The van der Waals surface area contributed by atoms with Gasteiger partial charge < -0.3 is 4.90 Å². The lowest BCUT2D eigenvalue weighted by Crippen LogP contribution is -2.08. The molecule has 3 nitrogen and oxygen atoms in total. The van der Waals surface area contributed by atoms with Gasteiger partial charge in [-0.3, -0.25) is 5.43 Å². The highest BCUT2D eigenvalue weighted by molar-refractivity contribution is 6.33. The molecule has 0 aromatic heterocycles. The first-order valence-corrected chi connectivity index (χ1v) is 6.35. The van der Waals surface area contributed by atoms with E-state index in [4.69, 9.17) is 11.6 Å². The maximum absolute atomic E-state index is 6.02. The van der Waals surface area contributed by atoms with E-state index in [9.17, 15) is 0 Å². The van der Waals surface area contributed by atoms with Gasteiger partial charge in [-0.05, 0) is 29.8 Å². The third kappa shape index (κ3) is 3.73. The van der Waals surface area contributed by atoms with E-state index in [0.29, 0.717) is 5.02 Å². The summed E-state index contributed by atoms with van der Waals surface area (Å²) in [4.78, 5) is 2.06. The van der Waals surface area contributed by atoms with Crippen LogP contribution >= 0.6 is 11.6 Å². The van der Waals surface area contributed by atoms with Gasteiger partial charge in [0.15, 0.2) is 0 Å². The molecule has 0 aliphatic carbocycles. The summed E-state index contributed by atoms with van der Waals surface area (Å²) in [5.41, 5.74) is 5.92. The first kappa shape index (κ1) is 13.4. The molecule has 0 saturated heterocycles. The van der Waals surface area contributed by atoms with Crippen LogP contribution in [0.15, 0.2) is 53.6 Å². The summed E-state index contributed by atoms with van der Waals surface area (Å²) in [5, 5.41) is 4.83. The Morgan fingerprint density at radius 1 is 1.05 bits per heavy atom. The van der Waals surface area contributed by atoms with E-state index >= 15 is 0 Å². The van der Waals surface area contributed by atoms with Crippen molar-refractivity contribution in [1.29, 1.82) is 0 Å². The van der Waals surface area contributed by atoms with Crippen LogP contribution in [0, 0.1) is 0 Å². The van der Waals surface area contributed by atoms with Crippen molar-refractivity contribution < 1.29 is 0 Å². The molecule has 0 amide bonds. The zero-order valence-corrected chi connectivity index (χ0v) is 11.7. The molecule has 2 aromatic rings. The highest BCUT2D eigenvalue weighted by Crippen LogP contribution is 2.20. The normalized spacial score (nSPS) is 10.7. The van der Waals surface area contributed by atoms with Crippen LogP contribution in [0.1, 0.15) is 5.56 Å². The molecule has 0 aliphatic rings. The molecule has 19 heavy (non-hydrogen) atoms. The maximum atomic E-state index is 6.02. The second-order valence-electron chi connectivity index (χ2n) is 4.34. The molecule has 0 atom stereocenters. The molecule has 0 heterocycles. The Balaban J connectivity index is 2.01. The van der Waals surface area contributed by atoms with E-state index in [-0.39, 0.29) is 0 Å². The van der Waals surface area contributed by atoms with E-state index in [0.717, 1.165) is 16.9 Å². The quantitative estimate of drug-likeness (QED) is 0.677. The topological polar surface area (TPSA) is 27.6 Å². The van der Waals surface area contributed by atoms with Crippen LogP contribution in [-0.4, -0.2) is 20.3 Å². The highest BCUT2D eigenvalue weighted by Gasteiger charge is 1.96. The van der Waals surface area contributed by atoms with E-state index in [1.807, 2.05) is 50.5 Å². The minimum absolute atomic E-state index is 0.655. The summed E-state index contributed by atoms with van der Waals surface area (Å²) < 4.78 is 0. The van der Waals surface area contributed by atoms with Crippen LogP contribution in [0.4, 0.5) is 11.4 Å².